The van der Waals surface area contributed by atoms with Crippen LogP contribution in [0.4, 0.5) is 0 Å². The molecule has 3 rings (SSSR count). The molecule has 136 valence electrons. The molecule has 5 nitrogen and oxygen atoms in total. The van der Waals surface area contributed by atoms with Crippen LogP contribution in [0.25, 0.3) is 0 Å². The number of aliphatic hydroxyl groups excluding tert-OH is 1. The zero-order valence-corrected chi connectivity index (χ0v) is 15.2. The van der Waals surface area contributed by atoms with Gasteiger partial charge in [0.1, 0.15) is 6.04 Å². The molecule has 2 N–H and O–H groups in total. The van der Waals surface area contributed by atoms with Crippen molar-refractivity contribution in [3.05, 3.63) is 35.4 Å². The van der Waals surface area contributed by atoms with Gasteiger partial charge in [-0.3, -0.25) is 9.59 Å². The lowest BCUT2D eigenvalue weighted by molar-refractivity contribution is -0.137. The molecule has 25 heavy (non-hydrogen) atoms. The predicted molar refractivity (Wildman–Crippen MR) is 95.8 cm³/mol. The van der Waals surface area contributed by atoms with Crippen molar-refractivity contribution in [3.8, 4) is 0 Å². The van der Waals surface area contributed by atoms with Gasteiger partial charge < -0.3 is 15.3 Å². The predicted octanol–water partition coefficient (Wildman–Crippen LogP) is 2.04. The topological polar surface area (TPSA) is 69.6 Å². The maximum Gasteiger partial charge on any atom is 0.243 e. The molecule has 1 aromatic rings. The minimum absolute atomic E-state index is 0.0380. The highest BCUT2D eigenvalue weighted by atomic mass is 16.3. The van der Waals surface area contributed by atoms with Crippen LogP contribution < -0.4 is 5.32 Å². The number of β-amino-alcohol motifs (C(OH)–C–C–N with tert-alkyl or cyclic N) is 1. The first-order valence-corrected chi connectivity index (χ1v) is 9.22. The lowest BCUT2D eigenvalue weighted by Gasteiger charge is -2.37. The second-order valence-corrected chi connectivity index (χ2v) is 7.71. The fourth-order valence-electron chi connectivity index (χ4n) is 4.35. The Hall–Kier alpha value is -1.88. The molecule has 2 amide bonds. The summed E-state index contributed by atoms with van der Waals surface area (Å²) in [6, 6.07) is 7.67. The number of nitrogens with zero attached hydrogens (tertiary/aromatic N) is 1. The van der Waals surface area contributed by atoms with E-state index in [2.05, 4.69) is 31.3 Å². The largest absolute Gasteiger partial charge is 0.391 e. The molecule has 0 aromatic heterocycles. The molecule has 4 atom stereocenters. The van der Waals surface area contributed by atoms with Crippen LogP contribution in [0.5, 0.6) is 0 Å². The van der Waals surface area contributed by atoms with Gasteiger partial charge in [-0.2, -0.15) is 0 Å². The highest BCUT2D eigenvalue weighted by molar-refractivity contribution is 5.88. The van der Waals surface area contributed by atoms with Crippen molar-refractivity contribution >= 4 is 11.8 Å². The summed E-state index contributed by atoms with van der Waals surface area (Å²) in [6.45, 7) is 6.07. The van der Waals surface area contributed by atoms with Crippen LogP contribution in [0.2, 0.25) is 0 Å². The summed E-state index contributed by atoms with van der Waals surface area (Å²) >= 11 is 0. The van der Waals surface area contributed by atoms with Crippen molar-refractivity contribution < 1.29 is 14.7 Å². The van der Waals surface area contributed by atoms with Gasteiger partial charge >= 0.3 is 0 Å². The lowest BCUT2D eigenvalue weighted by Crippen LogP contribution is -2.48. The van der Waals surface area contributed by atoms with Crippen LogP contribution in [-0.4, -0.2) is 40.5 Å². The number of hydrogen-bond donors (Lipinski definition) is 2. The van der Waals surface area contributed by atoms with Crippen molar-refractivity contribution in [2.45, 2.75) is 58.2 Å². The number of hydrogen-bond acceptors (Lipinski definition) is 3. The van der Waals surface area contributed by atoms with Gasteiger partial charge in [0.05, 0.1) is 12.1 Å². The molecule has 2 aliphatic rings. The number of fused-ring (bicyclic) bond motifs is 1. The van der Waals surface area contributed by atoms with E-state index in [1.165, 1.54) is 23.0 Å². The quantitative estimate of drug-likeness (QED) is 0.882. The van der Waals surface area contributed by atoms with E-state index < -0.39 is 12.1 Å². The van der Waals surface area contributed by atoms with E-state index in [1.54, 1.807) is 0 Å². The second-order valence-electron chi connectivity index (χ2n) is 7.71. The van der Waals surface area contributed by atoms with E-state index in [9.17, 15) is 14.7 Å². The third-order valence-electron chi connectivity index (χ3n) is 5.71. The molecule has 0 spiro atoms. The Morgan fingerprint density at radius 3 is 2.68 bits per heavy atom. The Labute approximate surface area is 149 Å². The van der Waals surface area contributed by atoms with Crippen LogP contribution in [0.15, 0.2) is 24.3 Å². The average Bonchev–Trinajstić information content (AvgIpc) is 2.97. The van der Waals surface area contributed by atoms with Crippen LogP contribution in [0.1, 0.15) is 50.8 Å². The maximum absolute atomic E-state index is 12.9. The van der Waals surface area contributed by atoms with E-state index in [0.717, 1.165) is 12.8 Å². The first kappa shape index (κ1) is 17.9. The SMILES string of the molecule is CC(=O)N1C[C@H](O)C[C@@H]1C(=O)N[C@@H]1c2ccccc2CC[C@H]1C(C)C. The summed E-state index contributed by atoms with van der Waals surface area (Å²) in [6.07, 6.45) is 1.77. The molecule has 1 aliphatic carbocycles. The first-order valence-electron chi connectivity index (χ1n) is 9.22. The number of nitrogens with one attached hydrogen (secondary N) is 1. The molecule has 0 unspecified atom stereocenters. The van der Waals surface area contributed by atoms with Crippen molar-refractivity contribution in [2.75, 3.05) is 6.54 Å². The van der Waals surface area contributed by atoms with E-state index in [4.69, 9.17) is 0 Å². The molecular weight excluding hydrogens is 316 g/mol. The molecule has 0 saturated carbocycles. The molecule has 1 heterocycles. The molecule has 1 aliphatic heterocycles. The number of amides is 2. The Balaban J connectivity index is 1.84. The number of benzene rings is 1. The van der Waals surface area contributed by atoms with Crippen molar-refractivity contribution in [3.63, 3.8) is 0 Å². The number of rotatable bonds is 3. The first-order chi connectivity index (χ1) is 11.9. The normalized spacial score (nSPS) is 28.8. The standard InChI is InChI=1S/C20H28N2O3/c1-12(2)16-9-8-14-6-4-5-7-17(14)19(16)21-20(25)18-10-15(24)11-22(18)13(3)23/h4-7,12,15-16,18-19,24H,8-11H2,1-3H3,(H,21,25)/t15-,16+,18-,19+/m1/s1. The highest BCUT2D eigenvalue weighted by Gasteiger charge is 2.40. The molecule has 0 bridgehead atoms. The minimum atomic E-state index is -0.626. The van der Waals surface area contributed by atoms with E-state index in [-0.39, 0.29) is 24.4 Å². The van der Waals surface area contributed by atoms with E-state index in [0.29, 0.717) is 18.3 Å². The van der Waals surface area contributed by atoms with Crippen molar-refractivity contribution in [1.29, 1.82) is 0 Å². The van der Waals surface area contributed by atoms with E-state index >= 15 is 0 Å². The van der Waals surface area contributed by atoms with Crippen LogP contribution in [0, 0.1) is 11.8 Å². The molecule has 0 radical (unpaired) electrons. The molecule has 1 saturated heterocycles. The molecular formula is C20H28N2O3. The van der Waals surface area contributed by atoms with E-state index in [1.807, 2.05) is 12.1 Å². The van der Waals surface area contributed by atoms with Gasteiger partial charge in [0.15, 0.2) is 0 Å². The minimum Gasteiger partial charge on any atom is -0.391 e. The molecule has 1 aromatic carbocycles. The summed E-state index contributed by atoms with van der Waals surface area (Å²) in [5.41, 5.74) is 2.48. The van der Waals surface area contributed by atoms with Gasteiger partial charge in [0.25, 0.3) is 0 Å². The maximum atomic E-state index is 12.9. The van der Waals surface area contributed by atoms with Crippen LogP contribution in [-0.2, 0) is 16.0 Å². The van der Waals surface area contributed by atoms with Gasteiger partial charge in [0, 0.05) is 19.9 Å². The molecule has 5 heteroatoms. The number of carbonyl (C=O) groups is 2. The molecule has 1 fully saturated rings. The van der Waals surface area contributed by atoms with Crippen molar-refractivity contribution in [2.24, 2.45) is 11.8 Å². The average molecular weight is 344 g/mol. The van der Waals surface area contributed by atoms with Gasteiger partial charge in [0.2, 0.25) is 11.8 Å². The Bertz CT molecular complexity index is 658. The number of likely N-dealkylation sites (tertiary alicyclic amines) is 1. The summed E-state index contributed by atoms with van der Waals surface area (Å²) in [7, 11) is 0. The monoisotopic (exact) mass is 344 g/mol. The van der Waals surface area contributed by atoms with Gasteiger partial charge in [-0.1, -0.05) is 38.1 Å². The fourth-order valence-corrected chi connectivity index (χ4v) is 4.35. The van der Waals surface area contributed by atoms with Gasteiger partial charge in [-0.05, 0) is 35.8 Å². The zero-order chi connectivity index (χ0) is 18.1. The third-order valence-corrected chi connectivity index (χ3v) is 5.71. The fraction of sp³-hybridized carbons (Fsp3) is 0.600. The summed E-state index contributed by atoms with van der Waals surface area (Å²) in [5, 5.41) is 13.1. The Morgan fingerprint density at radius 2 is 2.00 bits per heavy atom. The summed E-state index contributed by atoms with van der Waals surface area (Å²) < 4.78 is 0. The highest BCUT2D eigenvalue weighted by Crippen LogP contribution is 2.38. The Kier molecular flexibility index (Phi) is 5.13. The number of aliphatic hydroxyl groups is 1. The number of carbonyl (C=O) groups excluding carboxylic acids is 2. The second kappa shape index (κ2) is 7.16. The smallest absolute Gasteiger partial charge is 0.243 e. The summed E-state index contributed by atoms with van der Waals surface area (Å²) in [5.74, 6) is 0.507. The zero-order valence-electron chi connectivity index (χ0n) is 15.2. The van der Waals surface area contributed by atoms with Crippen LogP contribution in [0.3, 0.4) is 0 Å². The Morgan fingerprint density at radius 1 is 1.28 bits per heavy atom. The third kappa shape index (κ3) is 3.56. The summed E-state index contributed by atoms with van der Waals surface area (Å²) in [4.78, 5) is 26.2. The van der Waals surface area contributed by atoms with Crippen LogP contribution >= 0.6 is 0 Å². The van der Waals surface area contributed by atoms with Gasteiger partial charge in [-0.25, -0.2) is 0 Å². The van der Waals surface area contributed by atoms with Gasteiger partial charge in [-0.15, -0.1) is 0 Å². The lowest BCUT2D eigenvalue weighted by atomic mass is 9.74. The number of aryl methyl sites for hydroxylation is 1. The van der Waals surface area contributed by atoms with Crippen molar-refractivity contribution in [1.82, 2.24) is 10.2 Å².